The number of nitrogens with zero attached hydrogens (tertiary/aromatic N) is 3. The molecule has 1 unspecified atom stereocenters. The van der Waals surface area contributed by atoms with Gasteiger partial charge in [0.2, 0.25) is 0 Å². The summed E-state index contributed by atoms with van der Waals surface area (Å²) in [6.07, 6.45) is 1.14. The smallest absolute Gasteiger partial charge is 0.293 e. The maximum Gasteiger partial charge on any atom is 0.293 e. The topological polar surface area (TPSA) is 118 Å². The van der Waals surface area contributed by atoms with E-state index in [1.165, 1.54) is 12.1 Å². The molecule has 2 aromatic rings. The minimum absolute atomic E-state index is 0.0513. The van der Waals surface area contributed by atoms with Gasteiger partial charge in [0.25, 0.3) is 11.7 Å². The number of hydrogen-bond donors (Lipinski definition) is 2. The first-order valence-corrected chi connectivity index (χ1v) is 7.61. The Morgan fingerprint density at radius 1 is 1.30 bits per heavy atom. The largest absolute Gasteiger partial charge is 0.343 e. The van der Waals surface area contributed by atoms with Crippen LogP contribution >= 0.6 is 0 Å². The monoisotopic (exact) mass is 295 g/mol. The zero-order chi connectivity index (χ0) is 14.8. The average Bonchev–Trinajstić information content (AvgIpc) is 2.91. The fraction of sp³-hybridized carbons (Fsp3) is 0.273. The van der Waals surface area contributed by atoms with Gasteiger partial charge in [0.15, 0.2) is 9.84 Å². The third-order valence-electron chi connectivity index (χ3n) is 2.70. The molecule has 1 atom stereocenters. The molecule has 1 amide bonds. The Labute approximate surface area is 115 Å². The van der Waals surface area contributed by atoms with Gasteiger partial charge in [-0.2, -0.15) is 5.21 Å². The molecule has 8 nitrogen and oxygen atoms in total. The van der Waals surface area contributed by atoms with Crippen molar-refractivity contribution in [2.24, 2.45) is 0 Å². The van der Waals surface area contributed by atoms with Crippen molar-refractivity contribution in [3.63, 3.8) is 0 Å². The van der Waals surface area contributed by atoms with Crippen LogP contribution in [0, 0.1) is 0 Å². The van der Waals surface area contributed by atoms with Crippen LogP contribution in [0.3, 0.4) is 0 Å². The zero-order valence-corrected chi connectivity index (χ0v) is 11.7. The second kappa shape index (κ2) is 5.37. The molecule has 1 heterocycles. The van der Waals surface area contributed by atoms with Crippen LogP contribution in [0.15, 0.2) is 29.2 Å². The van der Waals surface area contributed by atoms with Crippen molar-refractivity contribution < 1.29 is 13.2 Å². The number of hydrogen-bond acceptors (Lipinski definition) is 6. The molecule has 0 radical (unpaired) electrons. The summed E-state index contributed by atoms with van der Waals surface area (Å²) in [5.74, 6) is -0.511. The van der Waals surface area contributed by atoms with E-state index >= 15 is 0 Å². The molecular formula is C11H13N5O3S. The number of carbonyl (C=O) groups excluding carboxylic acids is 1. The number of nitrogens with one attached hydrogen (secondary N) is 2. The van der Waals surface area contributed by atoms with Crippen molar-refractivity contribution in [3.8, 4) is 0 Å². The van der Waals surface area contributed by atoms with E-state index in [-0.39, 0.29) is 16.8 Å². The first-order valence-electron chi connectivity index (χ1n) is 5.72. The highest BCUT2D eigenvalue weighted by molar-refractivity contribution is 7.90. The molecule has 0 saturated carbocycles. The van der Waals surface area contributed by atoms with Gasteiger partial charge in [0.05, 0.1) is 10.9 Å². The Balaban J connectivity index is 2.10. The summed E-state index contributed by atoms with van der Waals surface area (Å²) in [6.45, 7) is 1.77. The highest BCUT2D eigenvalue weighted by Gasteiger charge is 2.15. The maximum atomic E-state index is 11.7. The summed E-state index contributed by atoms with van der Waals surface area (Å²) in [5.41, 5.74) is 0.772. The molecule has 1 aromatic heterocycles. The summed E-state index contributed by atoms with van der Waals surface area (Å²) >= 11 is 0. The van der Waals surface area contributed by atoms with E-state index < -0.39 is 15.7 Å². The summed E-state index contributed by atoms with van der Waals surface area (Å²) in [7, 11) is -3.22. The number of benzene rings is 1. The van der Waals surface area contributed by atoms with E-state index in [2.05, 4.69) is 25.9 Å². The Morgan fingerprint density at radius 2 is 1.95 bits per heavy atom. The van der Waals surface area contributed by atoms with E-state index in [1.807, 2.05) is 0 Å². The fourth-order valence-electron chi connectivity index (χ4n) is 1.61. The van der Waals surface area contributed by atoms with Crippen LogP contribution in [0.4, 0.5) is 0 Å². The Kier molecular flexibility index (Phi) is 3.79. The summed E-state index contributed by atoms with van der Waals surface area (Å²) in [4.78, 5) is 12.0. The molecular weight excluding hydrogens is 282 g/mol. The molecule has 0 aliphatic rings. The minimum Gasteiger partial charge on any atom is -0.343 e. The van der Waals surface area contributed by atoms with Gasteiger partial charge in [-0.3, -0.25) is 4.79 Å². The van der Waals surface area contributed by atoms with Crippen molar-refractivity contribution in [3.05, 3.63) is 35.7 Å². The lowest BCUT2D eigenvalue weighted by atomic mass is 10.1. The minimum atomic E-state index is -3.22. The first-order chi connectivity index (χ1) is 9.38. The average molecular weight is 295 g/mol. The zero-order valence-electron chi connectivity index (χ0n) is 10.9. The summed E-state index contributed by atoms with van der Waals surface area (Å²) in [6, 6.07) is 5.99. The third-order valence-corrected chi connectivity index (χ3v) is 3.83. The van der Waals surface area contributed by atoms with E-state index in [1.54, 1.807) is 19.1 Å². The second-order valence-corrected chi connectivity index (χ2v) is 6.29. The number of carbonyl (C=O) groups is 1. The fourth-order valence-corrected chi connectivity index (χ4v) is 2.24. The molecule has 2 rings (SSSR count). The van der Waals surface area contributed by atoms with Crippen molar-refractivity contribution in [2.75, 3.05) is 6.26 Å². The number of rotatable bonds is 4. The molecule has 1 aromatic carbocycles. The lowest BCUT2D eigenvalue weighted by Crippen LogP contribution is -2.27. The van der Waals surface area contributed by atoms with Crippen LogP contribution in [-0.2, 0) is 9.84 Å². The van der Waals surface area contributed by atoms with Crippen LogP contribution in [0.5, 0.6) is 0 Å². The van der Waals surface area contributed by atoms with E-state index in [4.69, 9.17) is 0 Å². The number of tetrazole rings is 1. The Hall–Kier alpha value is -2.29. The van der Waals surface area contributed by atoms with E-state index in [0.29, 0.717) is 0 Å². The highest BCUT2D eigenvalue weighted by atomic mass is 32.2. The molecule has 0 aliphatic heterocycles. The van der Waals surface area contributed by atoms with E-state index in [0.717, 1.165) is 11.8 Å². The number of aromatic nitrogens is 4. The number of aromatic amines is 1. The van der Waals surface area contributed by atoms with Crippen LogP contribution in [0.2, 0.25) is 0 Å². The quantitative estimate of drug-likeness (QED) is 0.825. The van der Waals surface area contributed by atoms with Crippen molar-refractivity contribution >= 4 is 15.7 Å². The van der Waals surface area contributed by atoms with Crippen molar-refractivity contribution in [1.29, 1.82) is 0 Å². The highest BCUT2D eigenvalue weighted by Crippen LogP contribution is 2.16. The number of amides is 1. The molecule has 0 fully saturated rings. The van der Waals surface area contributed by atoms with Gasteiger partial charge in [0, 0.05) is 6.26 Å². The number of H-pyrrole nitrogens is 1. The molecule has 9 heteroatoms. The molecule has 106 valence electrons. The predicted molar refractivity (Wildman–Crippen MR) is 69.6 cm³/mol. The third kappa shape index (κ3) is 3.18. The SMILES string of the molecule is CC(NC(=O)c1nn[nH]n1)c1ccc(S(C)(=O)=O)cc1. The van der Waals surface area contributed by atoms with Crippen LogP contribution < -0.4 is 5.32 Å². The lowest BCUT2D eigenvalue weighted by Gasteiger charge is -2.13. The van der Waals surface area contributed by atoms with Gasteiger partial charge >= 0.3 is 0 Å². The standard InChI is InChI=1S/C11H13N5O3S/c1-7(12-11(17)10-13-15-16-14-10)8-3-5-9(6-4-8)20(2,18)19/h3-7H,1-2H3,(H,12,17)(H,13,14,15,16). The second-order valence-electron chi connectivity index (χ2n) is 4.27. The molecule has 0 bridgehead atoms. The molecule has 0 aliphatic carbocycles. The van der Waals surface area contributed by atoms with Gasteiger partial charge in [-0.1, -0.05) is 12.1 Å². The van der Waals surface area contributed by atoms with Crippen LogP contribution in [-0.4, -0.2) is 41.2 Å². The molecule has 0 spiro atoms. The maximum absolute atomic E-state index is 11.7. The summed E-state index contributed by atoms with van der Waals surface area (Å²) in [5, 5.41) is 15.3. The lowest BCUT2D eigenvalue weighted by molar-refractivity contribution is 0.0929. The Morgan fingerprint density at radius 3 is 2.45 bits per heavy atom. The van der Waals surface area contributed by atoms with Gasteiger partial charge in [-0.25, -0.2) is 8.42 Å². The van der Waals surface area contributed by atoms with E-state index in [9.17, 15) is 13.2 Å². The van der Waals surface area contributed by atoms with Crippen molar-refractivity contribution in [1.82, 2.24) is 25.9 Å². The van der Waals surface area contributed by atoms with Crippen LogP contribution in [0.1, 0.15) is 29.1 Å². The molecule has 2 N–H and O–H groups in total. The number of sulfone groups is 1. The predicted octanol–water partition coefficient (Wildman–Crippen LogP) is 0.0942. The van der Waals surface area contributed by atoms with Gasteiger partial charge in [0.1, 0.15) is 0 Å². The molecule has 20 heavy (non-hydrogen) atoms. The normalized spacial score (nSPS) is 12.9. The van der Waals surface area contributed by atoms with Gasteiger partial charge < -0.3 is 5.32 Å². The van der Waals surface area contributed by atoms with Gasteiger partial charge in [-0.05, 0) is 29.8 Å². The Bertz CT molecular complexity index is 694. The molecule has 0 saturated heterocycles. The van der Waals surface area contributed by atoms with Gasteiger partial charge in [-0.15, -0.1) is 10.2 Å². The van der Waals surface area contributed by atoms with Crippen LogP contribution in [0.25, 0.3) is 0 Å². The first kappa shape index (κ1) is 14.1. The van der Waals surface area contributed by atoms with Crippen molar-refractivity contribution in [2.45, 2.75) is 17.9 Å². The summed E-state index contributed by atoms with van der Waals surface area (Å²) < 4.78 is 22.7.